The molecule has 2 aromatic carbocycles. The molecule has 1 spiro atoms. The van der Waals surface area contributed by atoms with E-state index < -0.39 is 0 Å². The topological polar surface area (TPSA) is 23.6 Å². The highest BCUT2D eigenvalue weighted by molar-refractivity contribution is 7.12. The zero-order valence-corrected chi connectivity index (χ0v) is 16.9. The lowest BCUT2D eigenvalue weighted by atomic mass is 9.74. The fraction of sp³-hybridized carbons (Fsp3) is 0.292. The summed E-state index contributed by atoms with van der Waals surface area (Å²) >= 11 is 1.56. The van der Waals surface area contributed by atoms with Crippen molar-refractivity contribution in [3.63, 3.8) is 0 Å². The number of rotatable bonds is 2. The Morgan fingerprint density at radius 2 is 1.71 bits per heavy atom. The van der Waals surface area contributed by atoms with Gasteiger partial charge in [-0.3, -0.25) is 4.79 Å². The van der Waals surface area contributed by atoms with Crippen molar-refractivity contribution in [2.24, 2.45) is 0 Å². The number of carbonyl (C=O) groups is 1. The molecule has 3 nitrogen and oxygen atoms in total. The van der Waals surface area contributed by atoms with Gasteiger partial charge in [0.05, 0.1) is 4.88 Å². The minimum atomic E-state index is 0.134. The van der Waals surface area contributed by atoms with Crippen LogP contribution in [-0.2, 0) is 5.41 Å². The first-order chi connectivity index (χ1) is 13.7. The molecule has 1 aromatic heterocycles. The predicted octanol–water partition coefficient (Wildman–Crippen LogP) is 5.38. The molecule has 0 unspecified atom stereocenters. The molecule has 2 aliphatic rings. The Labute approximate surface area is 170 Å². The zero-order valence-electron chi connectivity index (χ0n) is 16.1. The number of amides is 1. The Morgan fingerprint density at radius 1 is 1.00 bits per heavy atom. The molecule has 28 heavy (non-hydrogen) atoms. The lowest BCUT2D eigenvalue weighted by Crippen LogP contribution is -2.46. The summed E-state index contributed by atoms with van der Waals surface area (Å²) in [4.78, 5) is 18.2. The van der Waals surface area contributed by atoms with Gasteiger partial charge in [-0.2, -0.15) is 0 Å². The van der Waals surface area contributed by atoms with Crippen LogP contribution in [0.25, 0.3) is 0 Å². The normalized spacial score (nSPS) is 17.8. The van der Waals surface area contributed by atoms with E-state index in [-0.39, 0.29) is 11.3 Å². The number of aryl methyl sites for hydroxylation is 1. The number of anilines is 2. The standard InChI is InChI=1S/C24H24N2OS/c1-18-15-22(28-16-18)23(27)25-13-11-24(12-14-25)17-26(19-7-3-2-4-8-19)21-10-6-5-9-20(21)24/h2-10,15-16H,11-14,17H2,1H3. The number of fused-ring (bicyclic) bond motifs is 2. The fourth-order valence-corrected chi connectivity index (χ4v) is 5.60. The van der Waals surface area contributed by atoms with Gasteiger partial charge in [0.25, 0.3) is 5.91 Å². The largest absolute Gasteiger partial charge is 0.340 e. The van der Waals surface area contributed by atoms with E-state index in [9.17, 15) is 4.79 Å². The summed E-state index contributed by atoms with van der Waals surface area (Å²) in [5.74, 6) is 0.194. The van der Waals surface area contributed by atoms with Gasteiger partial charge in [-0.05, 0) is 60.5 Å². The SMILES string of the molecule is Cc1csc(C(=O)N2CCC3(CC2)CN(c2ccccc2)c2ccccc23)c1. The quantitative estimate of drug-likeness (QED) is 0.588. The van der Waals surface area contributed by atoms with E-state index in [1.807, 2.05) is 17.9 Å². The van der Waals surface area contributed by atoms with E-state index in [0.29, 0.717) is 0 Å². The molecule has 2 aliphatic heterocycles. The third-order valence-electron chi connectivity index (χ3n) is 6.24. The number of likely N-dealkylation sites (tertiary alicyclic amines) is 1. The van der Waals surface area contributed by atoms with E-state index in [0.717, 1.165) is 37.4 Å². The molecule has 0 atom stereocenters. The third kappa shape index (κ3) is 2.83. The number of hydrogen-bond donors (Lipinski definition) is 0. The Kier molecular flexibility index (Phi) is 4.24. The Balaban J connectivity index is 1.40. The highest BCUT2D eigenvalue weighted by atomic mass is 32.1. The molecule has 0 bridgehead atoms. The lowest BCUT2D eigenvalue weighted by molar-refractivity contribution is 0.0679. The molecule has 4 heteroatoms. The lowest BCUT2D eigenvalue weighted by Gasteiger charge is -2.40. The van der Waals surface area contributed by atoms with Crippen molar-refractivity contribution in [2.75, 3.05) is 24.5 Å². The van der Waals surface area contributed by atoms with Crippen LogP contribution in [0, 0.1) is 6.92 Å². The monoisotopic (exact) mass is 388 g/mol. The molecular weight excluding hydrogens is 364 g/mol. The van der Waals surface area contributed by atoms with Crippen molar-refractivity contribution < 1.29 is 4.79 Å². The molecule has 0 aliphatic carbocycles. The average Bonchev–Trinajstić information content (AvgIpc) is 3.31. The number of nitrogens with zero attached hydrogens (tertiary/aromatic N) is 2. The zero-order chi connectivity index (χ0) is 19.1. The summed E-state index contributed by atoms with van der Waals surface area (Å²) in [7, 11) is 0. The number of benzene rings is 2. The van der Waals surface area contributed by atoms with Gasteiger partial charge in [-0.25, -0.2) is 0 Å². The molecule has 0 radical (unpaired) electrons. The van der Waals surface area contributed by atoms with Gasteiger partial charge in [0.1, 0.15) is 0 Å². The van der Waals surface area contributed by atoms with Gasteiger partial charge >= 0.3 is 0 Å². The van der Waals surface area contributed by atoms with Crippen LogP contribution in [0.15, 0.2) is 66.0 Å². The molecule has 3 aromatic rings. The van der Waals surface area contributed by atoms with Crippen molar-refractivity contribution in [3.05, 3.63) is 82.0 Å². The molecule has 5 rings (SSSR count). The van der Waals surface area contributed by atoms with Crippen LogP contribution in [0.4, 0.5) is 11.4 Å². The highest BCUT2D eigenvalue weighted by Gasteiger charge is 2.45. The van der Waals surface area contributed by atoms with E-state index in [1.54, 1.807) is 11.3 Å². The summed E-state index contributed by atoms with van der Waals surface area (Å²) in [5.41, 5.74) is 5.32. The molecular formula is C24H24N2OS. The molecule has 1 amide bonds. The van der Waals surface area contributed by atoms with Gasteiger partial charge < -0.3 is 9.80 Å². The molecule has 3 heterocycles. The maximum Gasteiger partial charge on any atom is 0.263 e. The van der Waals surface area contributed by atoms with Crippen molar-refractivity contribution in [1.29, 1.82) is 0 Å². The maximum absolute atomic E-state index is 12.9. The first kappa shape index (κ1) is 17.5. The number of carbonyl (C=O) groups excluding carboxylic acids is 1. The molecule has 0 saturated carbocycles. The maximum atomic E-state index is 12.9. The number of hydrogen-bond acceptors (Lipinski definition) is 3. The number of thiophene rings is 1. The third-order valence-corrected chi connectivity index (χ3v) is 7.28. The van der Waals surface area contributed by atoms with Crippen molar-refractivity contribution in [2.45, 2.75) is 25.2 Å². The van der Waals surface area contributed by atoms with Crippen molar-refractivity contribution in [3.8, 4) is 0 Å². The second kappa shape index (κ2) is 6.78. The van der Waals surface area contributed by atoms with Gasteiger partial charge in [0, 0.05) is 36.4 Å². The second-order valence-corrected chi connectivity index (χ2v) is 8.91. The smallest absolute Gasteiger partial charge is 0.263 e. The van der Waals surface area contributed by atoms with Crippen molar-refractivity contribution >= 4 is 28.6 Å². The van der Waals surface area contributed by atoms with E-state index in [1.165, 1.54) is 22.5 Å². The first-order valence-electron chi connectivity index (χ1n) is 9.93. The van der Waals surface area contributed by atoms with Crippen LogP contribution in [0.5, 0.6) is 0 Å². The van der Waals surface area contributed by atoms with Crippen LogP contribution in [-0.4, -0.2) is 30.4 Å². The average molecular weight is 389 g/mol. The molecule has 1 saturated heterocycles. The summed E-state index contributed by atoms with van der Waals surface area (Å²) in [6.07, 6.45) is 2.03. The van der Waals surface area contributed by atoms with Crippen LogP contribution >= 0.6 is 11.3 Å². The summed E-state index contributed by atoms with van der Waals surface area (Å²) in [6.45, 7) is 4.70. The fourth-order valence-electron chi connectivity index (χ4n) is 4.73. The van der Waals surface area contributed by atoms with E-state index in [2.05, 4.69) is 64.9 Å². The summed E-state index contributed by atoms with van der Waals surface area (Å²) in [6, 6.07) is 21.5. The molecule has 0 N–H and O–H groups in total. The summed E-state index contributed by atoms with van der Waals surface area (Å²) in [5, 5.41) is 2.06. The predicted molar refractivity (Wildman–Crippen MR) is 116 cm³/mol. The van der Waals surface area contributed by atoms with Gasteiger partial charge in [0.2, 0.25) is 0 Å². The molecule has 1 fully saturated rings. The van der Waals surface area contributed by atoms with Crippen molar-refractivity contribution in [1.82, 2.24) is 4.90 Å². The minimum Gasteiger partial charge on any atom is -0.340 e. The Morgan fingerprint density at radius 3 is 2.43 bits per heavy atom. The Hall–Kier alpha value is -2.59. The van der Waals surface area contributed by atoms with E-state index in [4.69, 9.17) is 0 Å². The number of para-hydroxylation sites is 2. The van der Waals surface area contributed by atoms with Crippen LogP contribution in [0.2, 0.25) is 0 Å². The van der Waals surface area contributed by atoms with Gasteiger partial charge in [-0.1, -0.05) is 36.4 Å². The highest BCUT2D eigenvalue weighted by Crippen LogP contribution is 2.49. The van der Waals surface area contributed by atoms with E-state index >= 15 is 0 Å². The number of piperidine rings is 1. The van der Waals surface area contributed by atoms with Crippen LogP contribution in [0.1, 0.15) is 33.6 Å². The van der Waals surface area contributed by atoms with Crippen LogP contribution in [0.3, 0.4) is 0 Å². The van der Waals surface area contributed by atoms with Crippen LogP contribution < -0.4 is 4.90 Å². The second-order valence-electron chi connectivity index (χ2n) is 8.00. The molecule has 142 valence electrons. The van der Waals surface area contributed by atoms with Gasteiger partial charge in [0.15, 0.2) is 0 Å². The first-order valence-corrected chi connectivity index (χ1v) is 10.8. The minimum absolute atomic E-state index is 0.134. The Bertz CT molecular complexity index is 1000. The van der Waals surface area contributed by atoms with Gasteiger partial charge in [-0.15, -0.1) is 11.3 Å². The summed E-state index contributed by atoms with van der Waals surface area (Å²) < 4.78 is 0.